The molecule has 0 aliphatic carbocycles. The highest BCUT2D eigenvalue weighted by Crippen LogP contribution is 2.27. The SMILES string of the molecule is CC1(C)OC[C@@H](C(Cl)Cc2ncc([N+](=O)[O-])[nH]2)O1. The first-order valence-electron chi connectivity index (χ1n) is 5.51. The Morgan fingerprint density at radius 2 is 2.50 bits per heavy atom. The molecule has 1 N–H and O–H groups in total. The Bertz CT molecular complexity index is 448. The second-order valence-electron chi connectivity index (χ2n) is 4.56. The van der Waals surface area contributed by atoms with Gasteiger partial charge in [0.25, 0.3) is 0 Å². The molecule has 2 heterocycles. The Kier molecular flexibility index (Phi) is 3.56. The Labute approximate surface area is 109 Å². The zero-order valence-corrected chi connectivity index (χ0v) is 10.8. The molecule has 1 aliphatic heterocycles. The molecule has 2 rings (SSSR count). The lowest BCUT2D eigenvalue weighted by atomic mass is 10.2. The number of nitro groups is 1. The average molecular weight is 276 g/mol. The fourth-order valence-electron chi connectivity index (χ4n) is 1.76. The first-order valence-corrected chi connectivity index (χ1v) is 5.95. The van der Waals surface area contributed by atoms with Gasteiger partial charge in [-0.3, -0.25) is 0 Å². The van der Waals surface area contributed by atoms with E-state index >= 15 is 0 Å². The normalized spacial score (nSPS) is 24.1. The summed E-state index contributed by atoms with van der Waals surface area (Å²) >= 11 is 6.20. The first-order chi connectivity index (χ1) is 8.37. The molecule has 1 unspecified atom stereocenters. The van der Waals surface area contributed by atoms with Crippen LogP contribution in [0.4, 0.5) is 5.82 Å². The predicted molar refractivity (Wildman–Crippen MR) is 63.5 cm³/mol. The predicted octanol–water partition coefficient (Wildman–Crippen LogP) is 1.62. The number of aromatic nitrogens is 2. The molecule has 7 nitrogen and oxygen atoms in total. The van der Waals surface area contributed by atoms with Gasteiger partial charge in [-0.2, -0.15) is 0 Å². The second-order valence-corrected chi connectivity index (χ2v) is 5.12. The number of nitrogens with one attached hydrogen (secondary N) is 1. The maximum Gasteiger partial charge on any atom is 0.340 e. The highest BCUT2D eigenvalue weighted by atomic mass is 35.5. The molecule has 0 radical (unpaired) electrons. The van der Waals surface area contributed by atoms with Gasteiger partial charge in [0.2, 0.25) is 0 Å². The van der Waals surface area contributed by atoms with Crippen molar-refractivity contribution in [3.63, 3.8) is 0 Å². The van der Waals surface area contributed by atoms with Crippen LogP contribution in [-0.4, -0.2) is 38.8 Å². The molecule has 0 amide bonds. The molecule has 8 heteroatoms. The number of rotatable bonds is 4. The summed E-state index contributed by atoms with van der Waals surface area (Å²) < 4.78 is 11.0. The van der Waals surface area contributed by atoms with Gasteiger partial charge in [0, 0.05) is 6.42 Å². The quantitative estimate of drug-likeness (QED) is 0.512. The van der Waals surface area contributed by atoms with Gasteiger partial charge in [-0.1, -0.05) is 0 Å². The third-order valence-electron chi connectivity index (χ3n) is 2.63. The molecule has 100 valence electrons. The molecular formula is C10H14ClN3O4. The van der Waals surface area contributed by atoms with E-state index in [9.17, 15) is 10.1 Å². The van der Waals surface area contributed by atoms with Crippen molar-refractivity contribution < 1.29 is 14.4 Å². The summed E-state index contributed by atoms with van der Waals surface area (Å²) in [5.41, 5.74) is 0. The number of ether oxygens (including phenoxy) is 2. The van der Waals surface area contributed by atoms with Crippen LogP contribution in [-0.2, 0) is 15.9 Å². The maximum atomic E-state index is 10.5. The molecule has 0 saturated carbocycles. The smallest absolute Gasteiger partial charge is 0.340 e. The van der Waals surface area contributed by atoms with Crippen molar-refractivity contribution in [1.29, 1.82) is 0 Å². The molecule has 0 aromatic carbocycles. The van der Waals surface area contributed by atoms with E-state index in [1.807, 2.05) is 13.8 Å². The fourth-order valence-corrected chi connectivity index (χ4v) is 2.03. The molecule has 0 spiro atoms. The van der Waals surface area contributed by atoms with Crippen molar-refractivity contribution in [1.82, 2.24) is 9.97 Å². The van der Waals surface area contributed by atoms with Gasteiger partial charge in [-0.15, -0.1) is 11.6 Å². The van der Waals surface area contributed by atoms with Gasteiger partial charge >= 0.3 is 5.82 Å². The van der Waals surface area contributed by atoms with Gasteiger partial charge < -0.3 is 19.6 Å². The Balaban J connectivity index is 1.94. The highest BCUT2D eigenvalue weighted by Gasteiger charge is 2.37. The summed E-state index contributed by atoms with van der Waals surface area (Å²) in [4.78, 5) is 16.5. The number of hydrogen-bond acceptors (Lipinski definition) is 5. The van der Waals surface area contributed by atoms with Crippen molar-refractivity contribution in [3.8, 4) is 0 Å². The summed E-state index contributed by atoms with van der Waals surface area (Å²) in [5.74, 6) is -0.305. The molecule has 1 fully saturated rings. The van der Waals surface area contributed by atoms with Gasteiger partial charge in [0.15, 0.2) is 11.6 Å². The molecule has 1 aromatic rings. The molecule has 18 heavy (non-hydrogen) atoms. The van der Waals surface area contributed by atoms with E-state index in [0.29, 0.717) is 18.9 Å². The van der Waals surface area contributed by atoms with E-state index < -0.39 is 10.7 Å². The lowest BCUT2D eigenvalue weighted by molar-refractivity contribution is -0.389. The number of imidazole rings is 1. The van der Waals surface area contributed by atoms with E-state index in [1.54, 1.807) is 0 Å². The van der Waals surface area contributed by atoms with Crippen LogP contribution >= 0.6 is 11.6 Å². The van der Waals surface area contributed by atoms with Crippen LogP contribution in [0.25, 0.3) is 0 Å². The van der Waals surface area contributed by atoms with Crippen molar-refractivity contribution in [2.24, 2.45) is 0 Å². The third kappa shape index (κ3) is 2.98. The van der Waals surface area contributed by atoms with Crippen molar-refractivity contribution in [2.75, 3.05) is 6.61 Å². The summed E-state index contributed by atoms with van der Waals surface area (Å²) in [6.07, 6.45) is 1.29. The molecule has 0 bridgehead atoms. The second kappa shape index (κ2) is 4.83. The Morgan fingerprint density at radius 1 is 1.78 bits per heavy atom. The van der Waals surface area contributed by atoms with E-state index in [-0.39, 0.29) is 17.3 Å². The van der Waals surface area contributed by atoms with Gasteiger partial charge in [0.1, 0.15) is 12.3 Å². The van der Waals surface area contributed by atoms with E-state index in [0.717, 1.165) is 0 Å². The maximum absolute atomic E-state index is 10.5. The fraction of sp³-hybridized carbons (Fsp3) is 0.700. The zero-order valence-electron chi connectivity index (χ0n) is 10.1. The molecule has 1 saturated heterocycles. The molecule has 1 aliphatic rings. The summed E-state index contributed by atoms with van der Waals surface area (Å²) in [7, 11) is 0. The average Bonchev–Trinajstić information content (AvgIpc) is 2.84. The Hall–Kier alpha value is -1.18. The standard InChI is InChI=1S/C10H14ClN3O4/c1-10(2)17-5-7(18-10)6(11)3-8-12-4-9(13-8)14(15)16/h4,6-7H,3,5H2,1-2H3,(H,12,13)/t6?,7-/m0/s1. The number of H-pyrrole nitrogens is 1. The van der Waals surface area contributed by atoms with Gasteiger partial charge in [-0.05, 0) is 18.8 Å². The summed E-state index contributed by atoms with van der Waals surface area (Å²) in [5, 5.41) is 10.1. The van der Waals surface area contributed by atoms with Crippen molar-refractivity contribution in [2.45, 2.75) is 37.5 Å². The van der Waals surface area contributed by atoms with E-state index in [1.165, 1.54) is 6.20 Å². The van der Waals surface area contributed by atoms with Crippen LogP contribution in [0.15, 0.2) is 6.20 Å². The first kappa shape index (κ1) is 13.3. The van der Waals surface area contributed by atoms with E-state index in [2.05, 4.69) is 9.97 Å². The monoisotopic (exact) mass is 275 g/mol. The largest absolute Gasteiger partial charge is 0.358 e. The van der Waals surface area contributed by atoms with Crippen LogP contribution in [0.5, 0.6) is 0 Å². The zero-order chi connectivity index (χ0) is 13.3. The minimum Gasteiger partial charge on any atom is -0.358 e. The van der Waals surface area contributed by atoms with Crippen LogP contribution in [0.1, 0.15) is 19.7 Å². The summed E-state index contributed by atoms with van der Waals surface area (Å²) in [6.45, 7) is 4.03. The lowest BCUT2D eigenvalue weighted by Gasteiger charge is -2.19. The summed E-state index contributed by atoms with van der Waals surface area (Å²) in [6, 6.07) is 0. The number of hydrogen-bond donors (Lipinski definition) is 1. The highest BCUT2D eigenvalue weighted by molar-refractivity contribution is 6.21. The number of halogens is 1. The minimum atomic E-state index is -0.632. The van der Waals surface area contributed by atoms with Crippen molar-refractivity contribution in [3.05, 3.63) is 22.1 Å². The van der Waals surface area contributed by atoms with E-state index in [4.69, 9.17) is 21.1 Å². The van der Waals surface area contributed by atoms with Gasteiger partial charge in [-0.25, -0.2) is 9.97 Å². The molecule has 2 atom stereocenters. The lowest BCUT2D eigenvalue weighted by Crippen LogP contribution is -2.28. The molecular weight excluding hydrogens is 262 g/mol. The van der Waals surface area contributed by atoms with Gasteiger partial charge in [0.05, 0.1) is 12.0 Å². The topological polar surface area (TPSA) is 90.3 Å². The number of alkyl halides is 1. The Morgan fingerprint density at radius 3 is 3.00 bits per heavy atom. The van der Waals surface area contributed by atoms with Crippen LogP contribution in [0.2, 0.25) is 0 Å². The van der Waals surface area contributed by atoms with Crippen LogP contribution in [0, 0.1) is 10.1 Å². The minimum absolute atomic E-state index is 0.141. The third-order valence-corrected chi connectivity index (χ3v) is 3.07. The van der Waals surface area contributed by atoms with Crippen molar-refractivity contribution >= 4 is 17.4 Å². The van der Waals surface area contributed by atoms with Crippen LogP contribution in [0.3, 0.4) is 0 Å². The molecule has 1 aromatic heterocycles. The number of nitrogens with zero attached hydrogens (tertiary/aromatic N) is 2. The van der Waals surface area contributed by atoms with Crippen LogP contribution < -0.4 is 0 Å². The number of aromatic amines is 1.